The summed E-state index contributed by atoms with van der Waals surface area (Å²) in [4.78, 5) is 0. The van der Waals surface area contributed by atoms with Crippen LogP contribution in [0.15, 0.2) is 24.3 Å². The van der Waals surface area contributed by atoms with E-state index < -0.39 is 0 Å². The normalized spacial score (nSPS) is 10.8. The van der Waals surface area contributed by atoms with Gasteiger partial charge in [-0.25, -0.2) is 0 Å². The summed E-state index contributed by atoms with van der Waals surface area (Å²) in [5, 5.41) is 20.0. The van der Waals surface area contributed by atoms with Crippen molar-refractivity contribution in [1.29, 1.82) is 0 Å². The summed E-state index contributed by atoms with van der Waals surface area (Å²) in [5.41, 5.74) is 1.64. The van der Waals surface area contributed by atoms with Gasteiger partial charge in [-0.15, -0.1) is 0 Å². The van der Waals surface area contributed by atoms with Crippen LogP contribution >= 0.6 is 46.4 Å². The van der Waals surface area contributed by atoms with Gasteiger partial charge in [0.05, 0.1) is 20.1 Å². The largest absolute Gasteiger partial charge is 0.505 e. The van der Waals surface area contributed by atoms with Crippen LogP contribution in [-0.2, 0) is 12.8 Å². The van der Waals surface area contributed by atoms with Gasteiger partial charge in [0, 0.05) is 0 Å². The van der Waals surface area contributed by atoms with Crippen LogP contribution in [0.1, 0.15) is 11.1 Å². The molecule has 0 unspecified atom stereocenters. The van der Waals surface area contributed by atoms with Crippen LogP contribution < -0.4 is 0 Å². The molecule has 20 heavy (non-hydrogen) atoms. The van der Waals surface area contributed by atoms with E-state index in [-0.39, 0.29) is 31.6 Å². The molecule has 0 atom stereocenters. The molecule has 2 N–H and O–H groups in total. The fraction of sp³-hybridized carbons (Fsp3) is 0.143. The number of phenols is 2. The number of halogens is 4. The number of aromatic hydroxyl groups is 2. The molecule has 2 aromatic rings. The molecule has 2 aromatic carbocycles. The van der Waals surface area contributed by atoms with E-state index in [4.69, 9.17) is 46.4 Å². The predicted molar refractivity (Wildman–Crippen MR) is 83.7 cm³/mol. The third kappa shape index (κ3) is 3.26. The van der Waals surface area contributed by atoms with Gasteiger partial charge in [-0.05, 0) is 42.2 Å². The zero-order valence-electron chi connectivity index (χ0n) is 10.1. The summed E-state index contributed by atoms with van der Waals surface area (Å²) in [6, 6.07) is 6.64. The number of benzene rings is 2. The first-order valence-electron chi connectivity index (χ1n) is 5.73. The zero-order chi connectivity index (χ0) is 14.9. The molecular weight excluding hydrogens is 342 g/mol. The van der Waals surface area contributed by atoms with Crippen molar-refractivity contribution in [1.82, 2.24) is 0 Å². The fourth-order valence-electron chi connectivity index (χ4n) is 1.82. The van der Waals surface area contributed by atoms with Gasteiger partial charge >= 0.3 is 0 Å². The first-order chi connectivity index (χ1) is 9.40. The molecular formula is C14H10Cl4O2. The smallest absolute Gasteiger partial charge is 0.153 e. The number of rotatable bonds is 3. The van der Waals surface area contributed by atoms with E-state index in [2.05, 4.69) is 0 Å². The van der Waals surface area contributed by atoms with Crippen molar-refractivity contribution in [3.8, 4) is 11.5 Å². The Kier molecular flexibility index (Phi) is 4.92. The minimum Gasteiger partial charge on any atom is -0.505 e. The fourth-order valence-corrected chi connectivity index (χ4v) is 2.81. The SMILES string of the molecule is Oc1c(Cl)cc(CCc2ccc(Cl)c(O)c2Cl)cc1Cl. The van der Waals surface area contributed by atoms with Crippen molar-refractivity contribution in [3.05, 3.63) is 55.5 Å². The van der Waals surface area contributed by atoms with E-state index in [1.807, 2.05) is 0 Å². The molecule has 0 saturated carbocycles. The Labute approximate surface area is 136 Å². The molecule has 2 nitrogen and oxygen atoms in total. The van der Waals surface area contributed by atoms with Crippen LogP contribution in [0.25, 0.3) is 0 Å². The maximum absolute atomic E-state index is 9.67. The van der Waals surface area contributed by atoms with Crippen molar-refractivity contribution >= 4 is 46.4 Å². The van der Waals surface area contributed by atoms with Gasteiger partial charge < -0.3 is 10.2 Å². The Morgan fingerprint density at radius 1 is 0.750 bits per heavy atom. The molecule has 0 aliphatic heterocycles. The summed E-state index contributed by atoms with van der Waals surface area (Å²) < 4.78 is 0. The Morgan fingerprint density at radius 2 is 1.35 bits per heavy atom. The van der Waals surface area contributed by atoms with Crippen molar-refractivity contribution in [2.75, 3.05) is 0 Å². The van der Waals surface area contributed by atoms with Gasteiger partial charge in [-0.1, -0.05) is 52.5 Å². The van der Waals surface area contributed by atoms with Crippen LogP contribution in [0.3, 0.4) is 0 Å². The lowest BCUT2D eigenvalue weighted by Gasteiger charge is -2.09. The maximum atomic E-state index is 9.67. The highest BCUT2D eigenvalue weighted by Gasteiger charge is 2.11. The molecule has 0 aliphatic rings. The van der Waals surface area contributed by atoms with E-state index in [0.29, 0.717) is 12.8 Å². The van der Waals surface area contributed by atoms with Crippen LogP contribution in [0.4, 0.5) is 0 Å². The first kappa shape index (κ1) is 15.6. The molecule has 0 fully saturated rings. The lowest BCUT2D eigenvalue weighted by Crippen LogP contribution is -1.93. The molecule has 0 bridgehead atoms. The summed E-state index contributed by atoms with van der Waals surface area (Å²) in [5.74, 6) is -0.244. The summed E-state index contributed by atoms with van der Waals surface area (Å²) in [6.07, 6.45) is 1.20. The Bertz CT molecular complexity index is 633. The number of aryl methyl sites for hydroxylation is 2. The van der Waals surface area contributed by atoms with E-state index in [9.17, 15) is 10.2 Å². The molecule has 0 aromatic heterocycles. The molecule has 0 spiro atoms. The quantitative estimate of drug-likeness (QED) is 0.766. The minimum absolute atomic E-state index is 0.118. The lowest BCUT2D eigenvalue weighted by molar-refractivity contribution is 0.475. The van der Waals surface area contributed by atoms with Gasteiger partial charge in [0.1, 0.15) is 0 Å². The molecule has 0 saturated heterocycles. The molecule has 6 heteroatoms. The van der Waals surface area contributed by atoms with E-state index in [0.717, 1.165) is 11.1 Å². The molecule has 106 valence electrons. The summed E-state index contributed by atoms with van der Waals surface area (Å²) in [7, 11) is 0. The first-order valence-corrected chi connectivity index (χ1v) is 7.24. The van der Waals surface area contributed by atoms with Crippen LogP contribution in [0.2, 0.25) is 20.1 Å². The van der Waals surface area contributed by atoms with Crippen molar-refractivity contribution < 1.29 is 10.2 Å². The van der Waals surface area contributed by atoms with Crippen LogP contribution in [-0.4, -0.2) is 10.2 Å². The van der Waals surface area contributed by atoms with Gasteiger partial charge in [-0.2, -0.15) is 0 Å². The Morgan fingerprint density at radius 3 is 1.95 bits per heavy atom. The summed E-state index contributed by atoms with van der Waals surface area (Å²) in [6.45, 7) is 0. The zero-order valence-corrected chi connectivity index (χ0v) is 13.2. The average Bonchev–Trinajstić information content (AvgIpc) is 2.41. The highest BCUT2D eigenvalue weighted by molar-refractivity contribution is 6.38. The summed E-state index contributed by atoms with van der Waals surface area (Å²) >= 11 is 23.5. The molecule has 2 rings (SSSR count). The second-order valence-electron chi connectivity index (χ2n) is 4.28. The number of hydrogen-bond donors (Lipinski definition) is 2. The monoisotopic (exact) mass is 350 g/mol. The van der Waals surface area contributed by atoms with Crippen LogP contribution in [0.5, 0.6) is 11.5 Å². The molecule has 0 heterocycles. The lowest BCUT2D eigenvalue weighted by atomic mass is 10.0. The number of hydrogen-bond acceptors (Lipinski definition) is 2. The minimum atomic E-state index is -0.126. The second-order valence-corrected chi connectivity index (χ2v) is 5.88. The Balaban J connectivity index is 2.19. The van der Waals surface area contributed by atoms with Crippen molar-refractivity contribution in [3.63, 3.8) is 0 Å². The topological polar surface area (TPSA) is 40.5 Å². The second kappa shape index (κ2) is 6.31. The standard InChI is InChI=1S/C14H10Cl4O2/c15-9-4-3-8(12(18)14(9)20)2-1-7-5-10(16)13(19)11(17)6-7/h3-6,19-20H,1-2H2. The number of phenolic OH excluding ortho intramolecular Hbond substituents is 2. The van der Waals surface area contributed by atoms with Gasteiger partial charge in [-0.3, -0.25) is 0 Å². The van der Waals surface area contributed by atoms with Crippen LogP contribution in [0, 0.1) is 0 Å². The molecule has 0 radical (unpaired) electrons. The highest BCUT2D eigenvalue weighted by Crippen LogP contribution is 2.36. The predicted octanol–water partition coefficient (Wildman–Crippen LogP) is 5.50. The van der Waals surface area contributed by atoms with E-state index in [1.165, 1.54) is 0 Å². The van der Waals surface area contributed by atoms with Gasteiger partial charge in [0.15, 0.2) is 11.5 Å². The molecule has 0 aliphatic carbocycles. The molecule has 0 amide bonds. The maximum Gasteiger partial charge on any atom is 0.153 e. The van der Waals surface area contributed by atoms with Gasteiger partial charge in [0.2, 0.25) is 0 Å². The highest BCUT2D eigenvalue weighted by atomic mass is 35.5. The third-order valence-corrected chi connectivity index (χ3v) is 4.21. The van der Waals surface area contributed by atoms with E-state index in [1.54, 1.807) is 24.3 Å². The van der Waals surface area contributed by atoms with E-state index >= 15 is 0 Å². The third-order valence-electron chi connectivity index (χ3n) is 2.91. The van der Waals surface area contributed by atoms with Gasteiger partial charge in [0.25, 0.3) is 0 Å². The van der Waals surface area contributed by atoms with Crippen molar-refractivity contribution in [2.24, 2.45) is 0 Å². The Hall–Kier alpha value is -0.800. The van der Waals surface area contributed by atoms with Crippen molar-refractivity contribution in [2.45, 2.75) is 12.8 Å². The average molecular weight is 352 g/mol.